The first-order valence-corrected chi connectivity index (χ1v) is 5.75. The average molecular weight is 273 g/mol. The van der Waals surface area contributed by atoms with Crippen molar-refractivity contribution < 1.29 is 5.11 Å². The van der Waals surface area contributed by atoms with Crippen LogP contribution in [0.2, 0.25) is 0 Å². The Morgan fingerprint density at radius 3 is 2.93 bits per heavy atom. The van der Waals surface area contributed by atoms with Crippen molar-refractivity contribution in [2.75, 3.05) is 0 Å². The molecule has 2 heterocycles. The van der Waals surface area contributed by atoms with E-state index in [1.54, 1.807) is 6.20 Å². The molecule has 0 spiro atoms. The van der Waals surface area contributed by atoms with Gasteiger partial charge in [0.25, 0.3) is 0 Å². The molecule has 2 aromatic heterocycles. The third kappa shape index (κ3) is 1.75. The van der Waals surface area contributed by atoms with Crippen molar-refractivity contribution in [3.8, 4) is 0 Å². The van der Waals surface area contributed by atoms with Crippen LogP contribution >= 0.6 is 27.3 Å². The van der Waals surface area contributed by atoms with Crippen LogP contribution in [0.1, 0.15) is 16.8 Å². The van der Waals surface area contributed by atoms with Gasteiger partial charge in [0, 0.05) is 34.2 Å². The van der Waals surface area contributed by atoms with Crippen LogP contribution in [0.25, 0.3) is 0 Å². The first kappa shape index (κ1) is 9.89. The van der Waals surface area contributed by atoms with Crippen LogP contribution in [0, 0.1) is 0 Å². The molecule has 0 aliphatic carbocycles. The Bertz CT molecular complexity index is 437. The van der Waals surface area contributed by atoms with E-state index < -0.39 is 6.10 Å². The Morgan fingerprint density at radius 2 is 2.43 bits per heavy atom. The van der Waals surface area contributed by atoms with Crippen LogP contribution in [-0.4, -0.2) is 14.7 Å². The highest BCUT2D eigenvalue weighted by atomic mass is 79.9. The average Bonchev–Trinajstić information content (AvgIpc) is 2.73. The fraction of sp³-hybridized carbons (Fsp3) is 0.222. The number of aliphatic hydroxyl groups is 1. The minimum Gasteiger partial charge on any atom is -0.380 e. The fourth-order valence-electron chi connectivity index (χ4n) is 1.24. The molecule has 0 bridgehead atoms. The highest BCUT2D eigenvalue weighted by Crippen LogP contribution is 2.28. The third-order valence-electron chi connectivity index (χ3n) is 1.96. The van der Waals surface area contributed by atoms with E-state index in [1.807, 2.05) is 29.3 Å². The lowest BCUT2D eigenvalue weighted by molar-refractivity contribution is 0.210. The molecule has 1 atom stereocenters. The topological polar surface area (TPSA) is 38.0 Å². The SMILES string of the molecule is Cn1ccnc1C(O)c1cc(Br)cs1. The van der Waals surface area contributed by atoms with Crippen molar-refractivity contribution in [2.24, 2.45) is 7.05 Å². The predicted molar refractivity (Wildman–Crippen MR) is 59.3 cm³/mol. The van der Waals surface area contributed by atoms with Crippen molar-refractivity contribution in [1.29, 1.82) is 0 Å². The largest absolute Gasteiger partial charge is 0.380 e. The lowest BCUT2D eigenvalue weighted by atomic mass is 10.3. The molecule has 1 unspecified atom stereocenters. The van der Waals surface area contributed by atoms with E-state index in [4.69, 9.17) is 0 Å². The summed E-state index contributed by atoms with van der Waals surface area (Å²) in [6, 6.07) is 1.91. The number of hydrogen-bond acceptors (Lipinski definition) is 3. The van der Waals surface area contributed by atoms with Crippen molar-refractivity contribution in [3.63, 3.8) is 0 Å². The maximum Gasteiger partial charge on any atom is 0.146 e. The highest BCUT2D eigenvalue weighted by molar-refractivity contribution is 9.10. The smallest absolute Gasteiger partial charge is 0.146 e. The summed E-state index contributed by atoms with van der Waals surface area (Å²) in [7, 11) is 1.87. The molecule has 0 saturated carbocycles. The summed E-state index contributed by atoms with van der Waals surface area (Å²) in [4.78, 5) is 5.00. The maximum atomic E-state index is 9.98. The van der Waals surface area contributed by atoms with Crippen molar-refractivity contribution in [1.82, 2.24) is 9.55 Å². The lowest BCUT2D eigenvalue weighted by Gasteiger charge is -2.07. The first-order chi connectivity index (χ1) is 6.68. The number of imidazole rings is 1. The van der Waals surface area contributed by atoms with Crippen LogP contribution in [0.3, 0.4) is 0 Å². The Morgan fingerprint density at radius 1 is 1.64 bits per heavy atom. The molecule has 1 N–H and O–H groups in total. The van der Waals surface area contributed by atoms with Gasteiger partial charge in [-0.25, -0.2) is 4.98 Å². The van der Waals surface area contributed by atoms with E-state index in [9.17, 15) is 5.11 Å². The number of hydrogen-bond donors (Lipinski definition) is 1. The monoisotopic (exact) mass is 272 g/mol. The zero-order valence-corrected chi connectivity index (χ0v) is 9.92. The molecule has 0 aromatic carbocycles. The van der Waals surface area contributed by atoms with Gasteiger partial charge in [-0.3, -0.25) is 0 Å². The summed E-state index contributed by atoms with van der Waals surface area (Å²) in [5.41, 5.74) is 0. The number of rotatable bonds is 2. The van der Waals surface area contributed by atoms with Crippen LogP contribution in [0.4, 0.5) is 0 Å². The number of aryl methyl sites for hydroxylation is 1. The molecule has 5 heteroatoms. The highest BCUT2D eigenvalue weighted by Gasteiger charge is 2.16. The van der Waals surface area contributed by atoms with Crippen molar-refractivity contribution >= 4 is 27.3 Å². The first-order valence-electron chi connectivity index (χ1n) is 4.07. The summed E-state index contributed by atoms with van der Waals surface area (Å²) < 4.78 is 2.81. The summed E-state index contributed by atoms with van der Waals surface area (Å²) in [6.45, 7) is 0. The van der Waals surface area contributed by atoms with Crippen LogP contribution in [0.15, 0.2) is 28.3 Å². The van der Waals surface area contributed by atoms with Gasteiger partial charge in [0.1, 0.15) is 11.9 Å². The molecular weight excluding hydrogens is 264 g/mol. The van der Waals surface area contributed by atoms with Gasteiger partial charge in [0.05, 0.1) is 0 Å². The van der Waals surface area contributed by atoms with Gasteiger partial charge in [-0.2, -0.15) is 0 Å². The van der Waals surface area contributed by atoms with Crippen LogP contribution < -0.4 is 0 Å². The summed E-state index contributed by atoms with van der Waals surface area (Å²) >= 11 is 4.87. The second-order valence-corrected chi connectivity index (χ2v) is 4.82. The number of nitrogens with zero attached hydrogens (tertiary/aromatic N) is 2. The van der Waals surface area contributed by atoms with E-state index >= 15 is 0 Å². The zero-order chi connectivity index (χ0) is 10.1. The molecular formula is C9H9BrN2OS. The fourth-order valence-corrected chi connectivity index (χ4v) is 2.66. The van der Waals surface area contributed by atoms with Gasteiger partial charge in [-0.05, 0) is 22.0 Å². The quantitative estimate of drug-likeness (QED) is 0.911. The van der Waals surface area contributed by atoms with E-state index in [2.05, 4.69) is 20.9 Å². The van der Waals surface area contributed by atoms with E-state index in [0.29, 0.717) is 5.82 Å². The standard InChI is InChI=1S/C9H9BrN2OS/c1-12-3-2-11-9(12)8(13)7-4-6(10)5-14-7/h2-5,8,13H,1H3. The number of halogens is 1. The number of aromatic nitrogens is 2. The van der Waals surface area contributed by atoms with Gasteiger partial charge in [0.15, 0.2) is 0 Å². The maximum absolute atomic E-state index is 9.98. The van der Waals surface area contributed by atoms with Crippen LogP contribution in [0.5, 0.6) is 0 Å². The normalized spacial score (nSPS) is 13.1. The predicted octanol–water partition coefficient (Wildman–Crippen LogP) is 2.33. The molecule has 74 valence electrons. The van der Waals surface area contributed by atoms with Gasteiger partial charge in [-0.1, -0.05) is 0 Å². The van der Waals surface area contributed by atoms with E-state index in [0.717, 1.165) is 9.35 Å². The molecule has 0 saturated heterocycles. The lowest BCUT2D eigenvalue weighted by Crippen LogP contribution is -2.05. The molecule has 0 amide bonds. The summed E-state index contributed by atoms with van der Waals surface area (Å²) in [5, 5.41) is 11.9. The Hall–Kier alpha value is -0.650. The van der Waals surface area contributed by atoms with Gasteiger partial charge < -0.3 is 9.67 Å². The minimum atomic E-state index is -0.633. The molecule has 0 aliphatic rings. The molecule has 0 radical (unpaired) electrons. The number of aliphatic hydroxyl groups excluding tert-OH is 1. The Labute approximate surface area is 94.2 Å². The van der Waals surface area contributed by atoms with Gasteiger partial charge in [0.2, 0.25) is 0 Å². The van der Waals surface area contributed by atoms with E-state index in [1.165, 1.54) is 11.3 Å². The molecule has 3 nitrogen and oxygen atoms in total. The molecule has 2 aromatic rings. The Balaban J connectivity index is 2.33. The molecule has 0 fully saturated rings. The van der Waals surface area contributed by atoms with Crippen molar-refractivity contribution in [3.05, 3.63) is 39.0 Å². The summed E-state index contributed by atoms with van der Waals surface area (Å²) in [5.74, 6) is 0.666. The second kappa shape index (κ2) is 3.84. The molecule has 0 aliphatic heterocycles. The van der Waals surface area contributed by atoms with E-state index in [-0.39, 0.29) is 0 Å². The number of thiophene rings is 1. The molecule has 14 heavy (non-hydrogen) atoms. The Kier molecular flexibility index (Phi) is 2.71. The minimum absolute atomic E-state index is 0.633. The van der Waals surface area contributed by atoms with Crippen LogP contribution in [-0.2, 0) is 7.05 Å². The van der Waals surface area contributed by atoms with Gasteiger partial charge in [-0.15, -0.1) is 11.3 Å². The molecule has 2 rings (SSSR count). The summed E-state index contributed by atoms with van der Waals surface area (Å²) in [6.07, 6.45) is 2.87. The third-order valence-corrected chi connectivity index (χ3v) is 3.71. The van der Waals surface area contributed by atoms with Crippen molar-refractivity contribution in [2.45, 2.75) is 6.10 Å². The second-order valence-electron chi connectivity index (χ2n) is 2.97. The van der Waals surface area contributed by atoms with Gasteiger partial charge >= 0.3 is 0 Å². The zero-order valence-electron chi connectivity index (χ0n) is 7.51.